The van der Waals surface area contributed by atoms with E-state index in [0.29, 0.717) is 6.42 Å². The normalized spacial score (nSPS) is 22.8. The highest BCUT2D eigenvalue weighted by atomic mass is 32.2. The monoisotopic (exact) mass is 315 g/mol. The Hall–Kier alpha value is -1.10. The molecule has 0 spiro atoms. The van der Waals surface area contributed by atoms with Gasteiger partial charge >= 0.3 is 6.18 Å². The zero-order valence-electron chi connectivity index (χ0n) is 11.8. The van der Waals surface area contributed by atoms with Crippen molar-refractivity contribution in [2.45, 2.75) is 42.8 Å². The summed E-state index contributed by atoms with van der Waals surface area (Å²) in [5, 5.41) is 3.31. The van der Waals surface area contributed by atoms with Gasteiger partial charge in [0.15, 0.2) is 0 Å². The second-order valence-electron chi connectivity index (χ2n) is 5.34. The van der Waals surface area contributed by atoms with Crippen molar-refractivity contribution in [2.24, 2.45) is 5.92 Å². The Bertz CT molecular complexity index is 473. The third kappa shape index (κ3) is 4.70. The molecule has 0 saturated heterocycles. The third-order valence-corrected chi connectivity index (χ3v) is 4.81. The summed E-state index contributed by atoms with van der Waals surface area (Å²) in [7, 11) is 0. The maximum absolute atomic E-state index is 12.9. The van der Waals surface area contributed by atoms with Gasteiger partial charge in [0.2, 0.25) is 0 Å². The van der Waals surface area contributed by atoms with Gasteiger partial charge in [-0.2, -0.15) is 13.2 Å². The van der Waals surface area contributed by atoms with Gasteiger partial charge in [-0.05, 0) is 31.4 Å². The Morgan fingerprint density at radius 2 is 2.05 bits per heavy atom. The predicted molar refractivity (Wildman–Crippen MR) is 82.8 cm³/mol. The van der Waals surface area contributed by atoms with E-state index in [1.807, 2.05) is 30.3 Å². The molecule has 2 unspecified atom stereocenters. The fourth-order valence-corrected chi connectivity index (χ4v) is 3.45. The molecular weight excluding hydrogens is 295 g/mol. The van der Waals surface area contributed by atoms with Crippen LogP contribution >= 0.6 is 11.8 Å². The molecule has 1 nitrogen and oxygen atoms in total. The molecule has 2 atom stereocenters. The molecule has 1 fully saturated rings. The lowest BCUT2D eigenvalue weighted by Gasteiger charge is -2.32. The Labute approximate surface area is 128 Å². The van der Waals surface area contributed by atoms with E-state index in [4.69, 9.17) is 0 Å². The highest BCUT2D eigenvalue weighted by Crippen LogP contribution is 2.39. The number of nitrogens with one attached hydrogen (secondary N) is 1. The van der Waals surface area contributed by atoms with Gasteiger partial charge in [0.05, 0.1) is 5.92 Å². The molecule has 1 N–H and O–H groups in total. The predicted octanol–water partition coefficient (Wildman–Crippen LogP) is 5.50. The van der Waals surface area contributed by atoms with Gasteiger partial charge in [-0.3, -0.25) is 0 Å². The lowest BCUT2D eigenvalue weighted by atomic mass is 9.85. The summed E-state index contributed by atoms with van der Waals surface area (Å²) in [5.41, 5.74) is 0.928. The van der Waals surface area contributed by atoms with E-state index < -0.39 is 12.1 Å². The molecule has 1 aromatic rings. The van der Waals surface area contributed by atoms with Crippen molar-refractivity contribution in [3.8, 4) is 0 Å². The topological polar surface area (TPSA) is 12.0 Å². The molecule has 0 heterocycles. The van der Waals surface area contributed by atoms with Gasteiger partial charge < -0.3 is 5.32 Å². The van der Waals surface area contributed by atoms with E-state index in [2.05, 4.69) is 11.9 Å². The molecule has 21 heavy (non-hydrogen) atoms. The molecule has 1 saturated carbocycles. The molecule has 116 valence electrons. The molecule has 0 aromatic heterocycles. The minimum Gasteiger partial charge on any atom is -0.381 e. The Morgan fingerprint density at radius 1 is 1.29 bits per heavy atom. The van der Waals surface area contributed by atoms with E-state index >= 15 is 0 Å². The van der Waals surface area contributed by atoms with Crippen LogP contribution in [0.1, 0.15) is 25.7 Å². The lowest BCUT2D eigenvalue weighted by Crippen LogP contribution is -2.34. The van der Waals surface area contributed by atoms with Crippen LogP contribution in [0.2, 0.25) is 0 Å². The molecule has 0 bridgehead atoms. The molecule has 0 radical (unpaired) electrons. The van der Waals surface area contributed by atoms with Crippen LogP contribution in [0.15, 0.2) is 41.8 Å². The molecular formula is C16H20F3NS. The molecule has 1 aromatic carbocycles. The molecule has 1 aliphatic carbocycles. The number of benzene rings is 1. The fourth-order valence-electron chi connectivity index (χ4n) is 2.70. The zero-order chi connectivity index (χ0) is 15.3. The van der Waals surface area contributed by atoms with Crippen molar-refractivity contribution in [3.05, 3.63) is 36.9 Å². The van der Waals surface area contributed by atoms with Crippen LogP contribution in [0.5, 0.6) is 0 Å². The summed E-state index contributed by atoms with van der Waals surface area (Å²) in [6.07, 6.45) is -0.394. The third-order valence-electron chi connectivity index (χ3n) is 3.74. The number of alkyl halides is 3. The van der Waals surface area contributed by atoms with Crippen molar-refractivity contribution >= 4 is 17.4 Å². The minimum absolute atomic E-state index is 0.101. The molecule has 1 aliphatic rings. The highest BCUT2D eigenvalue weighted by Gasteiger charge is 2.42. The number of thioether (sulfide) groups is 1. The van der Waals surface area contributed by atoms with Crippen molar-refractivity contribution in [1.82, 2.24) is 0 Å². The Morgan fingerprint density at radius 3 is 2.76 bits per heavy atom. The summed E-state index contributed by atoms with van der Waals surface area (Å²) in [6, 6.07) is 7.67. The Kier molecular flexibility index (Phi) is 5.62. The first-order valence-electron chi connectivity index (χ1n) is 7.16. The average Bonchev–Trinajstić information content (AvgIpc) is 2.46. The van der Waals surface area contributed by atoms with Gasteiger partial charge in [-0.15, -0.1) is 18.3 Å². The standard InChI is InChI=1S/C16H20F3NS/c1-2-10-21-15-9-4-3-8-14(15)20-13-7-5-6-12(11-13)16(17,18)19/h2-4,8-9,12-13,20H,1,5-7,10-11H2. The van der Waals surface area contributed by atoms with Gasteiger partial charge in [-0.1, -0.05) is 24.6 Å². The Balaban J connectivity index is 2.02. The van der Waals surface area contributed by atoms with Gasteiger partial charge in [-0.25, -0.2) is 0 Å². The van der Waals surface area contributed by atoms with Crippen LogP contribution in [0.4, 0.5) is 18.9 Å². The number of hydrogen-bond acceptors (Lipinski definition) is 2. The summed E-state index contributed by atoms with van der Waals surface area (Å²) in [6.45, 7) is 3.69. The van der Waals surface area contributed by atoms with Gasteiger partial charge in [0.1, 0.15) is 0 Å². The number of rotatable bonds is 5. The first-order chi connectivity index (χ1) is 10.0. The zero-order valence-corrected chi connectivity index (χ0v) is 12.6. The molecule has 0 amide bonds. The van der Waals surface area contributed by atoms with Crippen LogP contribution in [0, 0.1) is 5.92 Å². The smallest absolute Gasteiger partial charge is 0.381 e. The summed E-state index contributed by atoms with van der Waals surface area (Å²) >= 11 is 1.64. The number of hydrogen-bond donors (Lipinski definition) is 1. The summed E-state index contributed by atoms with van der Waals surface area (Å²) in [4.78, 5) is 1.06. The second-order valence-corrected chi connectivity index (χ2v) is 6.40. The van der Waals surface area contributed by atoms with E-state index in [0.717, 1.165) is 22.8 Å². The van der Waals surface area contributed by atoms with E-state index in [1.54, 1.807) is 11.8 Å². The van der Waals surface area contributed by atoms with Crippen molar-refractivity contribution in [1.29, 1.82) is 0 Å². The highest BCUT2D eigenvalue weighted by molar-refractivity contribution is 7.99. The number of halogens is 3. The first kappa shape index (κ1) is 16.3. The SMILES string of the molecule is C=CCSc1ccccc1NC1CCCC(C(F)(F)F)C1. The number of para-hydroxylation sites is 1. The van der Waals surface area contributed by atoms with Crippen LogP contribution in [0.25, 0.3) is 0 Å². The van der Waals surface area contributed by atoms with E-state index in [1.165, 1.54) is 0 Å². The van der Waals surface area contributed by atoms with E-state index in [-0.39, 0.29) is 18.9 Å². The van der Waals surface area contributed by atoms with Crippen LogP contribution in [-0.4, -0.2) is 18.0 Å². The largest absolute Gasteiger partial charge is 0.391 e. The van der Waals surface area contributed by atoms with Crippen LogP contribution in [-0.2, 0) is 0 Å². The molecule has 0 aliphatic heterocycles. The maximum Gasteiger partial charge on any atom is 0.391 e. The fraction of sp³-hybridized carbons (Fsp3) is 0.500. The number of anilines is 1. The average molecular weight is 315 g/mol. The molecule has 5 heteroatoms. The van der Waals surface area contributed by atoms with Crippen molar-refractivity contribution in [2.75, 3.05) is 11.1 Å². The van der Waals surface area contributed by atoms with Gasteiger partial charge in [0, 0.05) is 22.4 Å². The van der Waals surface area contributed by atoms with Gasteiger partial charge in [0.25, 0.3) is 0 Å². The van der Waals surface area contributed by atoms with Crippen molar-refractivity contribution < 1.29 is 13.2 Å². The van der Waals surface area contributed by atoms with E-state index in [9.17, 15) is 13.2 Å². The van der Waals surface area contributed by atoms with Crippen LogP contribution < -0.4 is 5.32 Å². The van der Waals surface area contributed by atoms with Crippen molar-refractivity contribution in [3.63, 3.8) is 0 Å². The summed E-state index contributed by atoms with van der Waals surface area (Å²) < 4.78 is 38.6. The lowest BCUT2D eigenvalue weighted by molar-refractivity contribution is -0.182. The maximum atomic E-state index is 12.9. The first-order valence-corrected chi connectivity index (χ1v) is 8.15. The van der Waals surface area contributed by atoms with Crippen LogP contribution in [0.3, 0.4) is 0 Å². The quantitative estimate of drug-likeness (QED) is 0.569. The molecule has 2 rings (SSSR count). The minimum atomic E-state index is -4.07. The second kappa shape index (κ2) is 7.25. The summed E-state index contributed by atoms with van der Waals surface area (Å²) in [5.74, 6) is -0.383.